The first-order valence-electron chi connectivity index (χ1n) is 12.0. The summed E-state index contributed by atoms with van der Waals surface area (Å²) in [5.41, 5.74) is 6.07. The maximum Gasteiger partial charge on any atom is 0.129 e. The van der Waals surface area contributed by atoms with Crippen LogP contribution in [0.5, 0.6) is 0 Å². The highest BCUT2D eigenvalue weighted by Crippen LogP contribution is 2.46. The molecule has 0 spiro atoms. The normalized spacial score (nSPS) is 20.5. The van der Waals surface area contributed by atoms with Gasteiger partial charge in [-0.3, -0.25) is 4.90 Å². The Bertz CT molecular complexity index is 897. The SMILES string of the molecule is CC1(C)CCC(C)(C)c2cc(-c3ccnc(N4CCN(CCCCO)CC4)c3)ccc21. The summed E-state index contributed by atoms with van der Waals surface area (Å²) in [6, 6.07) is 11.5. The molecule has 1 aliphatic heterocycles. The second-order valence-electron chi connectivity index (χ2n) is 10.7. The van der Waals surface area contributed by atoms with Crippen LogP contribution >= 0.6 is 0 Å². The Kier molecular flexibility index (Phi) is 6.41. The van der Waals surface area contributed by atoms with Gasteiger partial charge in [-0.05, 0) is 77.4 Å². The van der Waals surface area contributed by atoms with Crippen LogP contribution in [0.4, 0.5) is 5.82 Å². The molecule has 4 nitrogen and oxygen atoms in total. The van der Waals surface area contributed by atoms with Crippen molar-refractivity contribution in [2.24, 2.45) is 0 Å². The summed E-state index contributed by atoms with van der Waals surface area (Å²) in [6.07, 6.45) is 6.43. The van der Waals surface area contributed by atoms with Crippen LogP contribution in [0.3, 0.4) is 0 Å². The minimum Gasteiger partial charge on any atom is -0.396 e. The van der Waals surface area contributed by atoms with E-state index in [0.717, 1.165) is 51.4 Å². The van der Waals surface area contributed by atoms with E-state index in [1.807, 2.05) is 6.20 Å². The van der Waals surface area contributed by atoms with Gasteiger partial charge in [-0.15, -0.1) is 0 Å². The molecule has 1 aromatic carbocycles. The Labute approximate surface area is 188 Å². The first kappa shape index (κ1) is 22.3. The topological polar surface area (TPSA) is 39.6 Å². The predicted octanol–water partition coefficient (Wildman–Crippen LogP) is 4.99. The highest BCUT2D eigenvalue weighted by atomic mass is 16.2. The molecular weight excluding hydrogens is 382 g/mol. The highest BCUT2D eigenvalue weighted by Gasteiger charge is 2.37. The van der Waals surface area contributed by atoms with Gasteiger partial charge in [0.1, 0.15) is 5.82 Å². The van der Waals surface area contributed by atoms with Crippen LogP contribution in [0.1, 0.15) is 64.5 Å². The molecular formula is C27H39N3O. The third kappa shape index (κ3) is 4.80. The number of piperazine rings is 1. The van der Waals surface area contributed by atoms with Gasteiger partial charge in [-0.2, -0.15) is 0 Å². The second kappa shape index (κ2) is 8.91. The first-order valence-corrected chi connectivity index (χ1v) is 12.0. The van der Waals surface area contributed by atoms with Crippen molar-refractivity contribution in [3.63, 3.8) is 0 Å². The van der Waals surface area contributed by atoms with E-state index >= 15 is 0 Å². The van der Waals surface area contributed by atoms with Crippen molar-refractivity contribution >= 4 is 5.82 Å². The molecule has 4 rings (SSSR count). The number of hydrogen-bond donors (Lipinski definition) is 1. The fraction of sp³-hybridized carbons (Fsp3) is 0.593. The molecule has 1 aromatic heterocycles. The lowest BCUT2D eigenvalue weighted by molar-refractivity contribution is 0.232. The number of aliphatic hydroxyl groups excluding tert-OH is 1. The van der Waals surface area contributed by atoms with E-state index in [1.54, 1.807) is 0 Å². The van der Waals surface area contributed by atoms with Crippen LogP contribution in [0.2, 0.25) is 0 Å². The van der Waals surface area contributed by atoms with Crippen molar-refractivity contribution in [3.05, 3.63) is 47.7 Å². The van der Waals surface area contributed by atoms with Crippen molar-refractivity contribution in [2.45, 2.75) is 64.2 Å². The van der Waals surface area contributed by atoms with Crippen LogP contribution in [0.15, 0.2) is 36.5 Å². The molecule has 2 heterocycles. The summed E-state index contributed by atoms with van der Waals surface area (Å²) in [6.45, 7) is 15.1. The van der Waals surface area contributed by atoms with Gasteiger partial charge in [0.15, 0.2) is 0 Å². The number of fused-ring (bicyclic) bond motifs is 1. The molecule has 31 heavy (non-hydrogen) atoms. The number of rotatable bonds is 6. The molecule has 0 atom stereocenters. The Balaban J connectivity index is 1.52. The number of aliphatic hydroxyl groups is 1. The first-order chi connectivity index (χ1) is 14.8. The summed E-state index contributed by atoms with van der Waals surface area (Å²) >= 11 is 0. The van der Waals surface area contributed by atoms with Gasteiger partial charge < -0.3 is 10.0 Å². The van der Waals surface area contributed by atoms with Crippen LogP contribution in [-0.2, 0) is 10.8 Å². The van der Waals surface area contributed by atoms with Crippen molar-refractivity contribution < 1.29 is 5.11 Å². The van der Waals surface area contributed by atoms with Crippen molar-refractivity contribution in [2.75, 3.05) is 44.2 Å². The van der Waals surface area contributed by atoms with E-state index in [4.69, 9.17) is 10.1 Å². The molecule has 0 bridgehead atoms. The summed E-state index contributed by atoms with van der Waals surface area (Å²) in [5.74, 6) is 1.09. The molecule has 2 aromatic rings. The Hall–Kier alpha value is -1.91. The number of pyridine rings is 1. The van der Waals surface area contributed by atoms with Crippen LogP contribution < -0.4 is 4.90 Å². The standard InChI is InChI=1S/C27H39N3O/c1-26(2)10-11-27(3,4)24-19-21(7-8-23(24)26)22-9-12-28-25(20-22)30-16-14-29(15-17-30)13-5-6-18-31/h7-9,12,19-20,31H,5-6,10-11,13-18H2,1-4H3. The molecule has 0 amide bonds. The monoisotopic (exact) mass is 421 g/mol. The molecule has 2 aliphatic rings. The van der Waals surface area contributed by atoms with Crippen LogP contribution in [-0.4, -0.2) is 54.3 Å². The number of nitrogens with zero attached hydrogens (tertiary/aromatic N) is 3. The molecule has 1 fully saturated rings. The maximum atomic E-state index is 8.99. The minimum absolute atomic E-state index is 0.225. The fourth-order valence-electron chi connectivity index (χ4n) is 5.19. The highest BCUT2D eigenvalue weighted by molar-refractivity contribution is 5.69. The van der Waals surface area contributed by atoms with Crippen LogP contribution in [0, 0.1) is 0 Å². The third-order valence-electron chi connectivity index (χ3n) is 7.51. The average Bonchev–Trinajstić information content (AvgIpc) is 2.78. The van der Waals surface area contributed by atoms with Gasteiger partial charge in [-0.25, -0.2) is 4.98 Å². The van der Waals surface area contributed by atoms with Crippen molar-refractivity contribution in [1.82, 2.24) is 9.88 Å². The number of hydrogen-bond acceptors (Lipinski definition) is 4. The van der Waals surface area contributed by atoms with Gasteiger partial charge in [0.05, 0.1) is 0 Å². The van der Waals surface area contributed by atoms with Crippen molar-refractivity contribution in [1.29, 1.82) is 0 Å². The van der Waals surface area contributed by atoms with Gasteiger partial charge in [0.25, 0.3) is 0 Å². The Morgan fingerprint density at radius 1 is 0.839 bits per heavy atom. The maximum absolute atomic E-state index is 8.99. The van der Waals surface area contributed by atoms with E-state index in [2.05, 4.69) is 67.8 Å². The Morgan fingerprint density at radius 2 is 1.52 bits per heavy atom. The lowest BCUT2D eigenvalue weighted by Crippen LogP contribution is -2.46. The molecule has 4 heteroatoms. The van der Waals surface area contributed by atoms with E-state index < -0.39 is 0 Å². The lowest BCUT2D eigenvalue weighted by atomic mass is 9.63. The van der Waals surface area contributed by atoms with E-state index in [0.29, 0.717) is 6.61 Å². The molecule has 168 valence electrons. The third-order valence-corrected chi connectivity index (χ3v) is 7.51. The molecule has 0 unspecified atom stereocenters. The quantitative estimate of drug-likeness (QED) is 0.667. The van der Waals surface area contributed by atoms with Gasteiger partial charge in [0.2, 0.25) is 0 Å². The van der Waals surface area contributed by atoms with E-state index in [-0.39, 0.29) is 10.8 Å². The molecule has 1 N–H and O–H groups in total. The zero-order valence-electron chi connectivity index (χ0n) is 19.8. The summed E-state index contributed by atoms with van der Waals surface area (Å²) in [4.78, 5) is 9.62. The smallest absolute Gasteiger partial charge is 0.129 e. The van der Waals surface area contributed by atoms with Gasteiger partial charge in [-0.1, -0.05) is 45.9 Å². The van der Waals surface area contributed by atoms with E-state index in [1.165, 1.54) is 35.1 Å². The number of anilines is 1. The fourth-order valence-corrected chi connectivity index (χ4v) is 5.19. The largest absolute Gasteiger partial charge is 0.396 e. The molecule has 0 saturated carbocycles. The van der Waals surface area contributed by atoms with Crippen LogP contribution in [0.25, 0.3) is 11.1 Å². The zero-order valence-corrected chi connectivity index (χ0v) is 19.8. The molecule has 1 aliphatic carbocycles. The number of aromatic nitrogens is 1. The molecule has 0 radical (unpaired) electrons. The van der Waals surface area contributed by atoms with E-state index in [9.17, 15) is 0 Å². The number of unbranched alkanes of at least 4 members (excludes halogenated alkanes) is 1. The predicted molar refractivity (Wildman–Crippen MR) is 130 cm³/mol. The summed E-state index contributed by atoms with van der Waals surface area (Å²) in [5, 5.41) is 8.99. The summed E-state index contributed by atoms with van der Waals surface area (Å²) in [7, 11) is 0. The second-order valence-corrected chi connectivity index (χ2v) is 10.7. The summed E-state index contributed by atoms with van der Waals surface area (Å²) < 4.78 is 0. The zero-order chi connectivity index (χ0) is 22.1. The Morgan fingerprint density at radius 3 is 2.23 bits per heavy atom. The molecule has 1 saturated heterocycles. The minimum atomic E-state index is 0.225. The number of benzene rings is 1. The lowest BCUT2D eigenvalue weighted by Gasteiger charge is -2.42. The van der Waals surface area contributed by atoms with Gasteiger partial charge >= 0.3 is 0 Å². The van der Waals surface area contributed by atoms with Crippen molar-refractivity contribution in [3.8, 4) is 11.1 Å². The average molecular weight is 422 g/mol. The van der Waals surface area contributed by atoms with Gasteiger partial charge in [0, 0.05) is 39.0 Å².